The molecule has 2 heterocycles. The summed E-state index contributed by atoms with van der Waals surface area (Å²) in [5, 5.41) is 9.34. The van der Waals surface area contributed by atoms with Gasteiger partial charge in [0, 0.05) is 23.5 Å². The quantitative estimate of drug-likeness (QED) is 0.775. The third-order valence-electron chi connectivity index (χ3n) is 3.12. The summed E-state index contributed by atoms with van der Waals surface area (Å²) in [4.78, 5) is 11.4. The smallest absolute Gasteiger partial charge is 0.338 e. The summed E-state index contributed by atoms with van der Waals surface area (Å²) < 4.78 is 28.7. The molecule has 0 amide bonds. The highest BCUT2D eigenvalue weighted by Crippen LogP contribution is 2.31. The van der Waals surface area contributed by atoms with Gasteiger partial charge in [0.2, 0.25) is 0 Å². The van der Waals surface area contributed by atoms with Crippen LogP contribution in [0.1, 0.15) is 10.4 Å². The Kier molecular flexibility index (Phi) is 2.75. The van der Waals surface area contributed by atoms with Gasteiger partial charge < -0.3 is 9.51 Å². The molecule has 0 saturated carbocycles. The van der Waals surface area contributed by atoms with E-state index in [9.17, 15) is 18.7 Å². The highest BCUT2D eigenvalue weighted by Gasteiger charge is 2.20. The molecule has 0 aliphatic heterocycles. The zero-order valence-electron chi connectivity index (χ0n) is 10.2. The Morgan fingerprint density at radius 3 is 2.65 bits per heavy atom. The lowest BCUT2D eigenvalue weighted by Gasteiger charge is -2.03. The van der Waals surface area contributed by atoms with Crippen LogP contribution in [0.3, 0.4) is 0 Å². The lowest BCUT2D eigenvalue weighted by molar-refractivity contribution is 0.0700. The molecule has 0 aliphatic carbocycles. The molecule has 3 aromatic rings. The Hall–Kier alpha value is -2.69. The minimum Gasteiger partial charge on any atom is -0.478 e. The Morgan fingerprint density at radius 2 is 1.90 bits per heavy atom. The van der Waals surface area contributed by atoms with Crippen LogP contribution in [0.25, 0.3) is 16.6 Å². The fourth-order valence-electron chi connectivity index (χ4n) is 2.25. The molecule has 2 aromatic heterocycles. The van der Waals surface area contributed by atoms with Gasteiger partial charge in [-0.1, -0.05) is 6.07 Å². The first-order valence-electron chi connectivity index (χ1n) is 5.86. The van der Waals surface area contributed by atoms with E-state index in [1.54, 1.807) is 28.8 Å². The molecular formula is C15H9F2NO2. The van der Waals surface area contributed by atoms with E-state index in [2.05, 4.69) is 0 Å². The van der Waals surface area contributed by atoms with Crippen LogP contribution in [0.15, 0.2) is 48.8 Å². The van der Waals surface area contributed by atoms with Gasteiger partial charge in [-0.3, -0.25) is 0 Å². The normalized spacial score (nSPS) is 10.9. The summed E-state index contributed by atoms with van der Waals surface area (Å²) in [6.45, 7) is 0. The number of aromatic carboxylic acids is 1. The van der Waals surface area contributed by atoms with Crippen molar-refractivity contribution in [1.82, 2.24) is 4.40 Å². The standard InChI is InChI=1S/C15H9F2NO2/c16-9-4-5-12(17)10(7-9)11-8-18-6-2-1-3-13(18)14(11)15(19)20/h1-8H,(H,19,20). The molecule has 0 unspecified atom stereocenters. The Balaban J connectivity index is 2.38. The van der Waals surface area contributed by atoms with Crippen molar-refractivity contribution in [1.29, 1.82) is 0 Å². The lowest BCUT2D eigenvalue weighted by atomic mass is 10.0. The van der Waals surface area contributed by atoms with Crippen molar-refractivity contribution in [3.05, 3.63) is 66.0 Å². The number of hydrogen-bond acceptors (Lipinski definition) is 1. The minimum absolute atomic E-state index is 0.0462. The van der Waals surface area contributed by atoms with E-state index in [1.807, 2.05) is 0 Å². The predicted molar refractivity (Wildman–Crippen MR) is 69.7 cm³/mol. The van der Waals surface area contributed by atoms with E-state index in [-0.39, 0.29) is 16.7 Å². The lowest BCUT2D eigenvalue weighted by Crippen LogP contribution is -1.98. The van der Waals surface area contributed by atoms with Crippen molar-refractivity contribution in [3.63, 3.8) is 0 Å². The molecule has 0 radical (unpaired) electrons. The maximum Gasteiger partial charge on any atom is 0.338 e. The molecule has 5 heteroatoms. The molecule has 0 fully saturated rings. The summed E-state index contributed by atoms with van der Waals surface area (Å²) in [5.74, 6) is -2.46. The minimum atomic E-state index is -1.18. The van der Waals surface area contributed by atoms with Gasteiger partial charge in [-0.15, -0.1) is 0 Å². The second-order valence-corrected chi connectivity index (χ2v) is 4.34. The Bertz CT molecular complexity index is 824. The molecule has 1 N–H and O–H groups in total. The van der Waals surface area contributed by atoms with Gasteiger partial charge in [-0.2, -0.15) is 0 Å². The van der Waals surface area contributed by atoms with Crippen LogP contribution in [-0.4, -0.2) is 15.5 Å². The van der Waals surface area contributed by atoms with Gasteiger partial charge in [0.25, 0.3) is 0 Å². The number of carbonyl (C=O) groups is 1. The van der Waals surface area contributed by atoms with E-state index in [0.29, 0.717) is 5.52 Å². The molecule has 0 spiro atoms. The molecular weight excluding hydrogens is 264 g/mol. The van der Waals surface area contributed by atoms with Gasteiger partial charge in [0.1, 0.15) is 11.6 Å². The average molecular weight is 273 g/mol. The van der Waals surface area contributed by atoms with Crippen LogP contribution in [0.4, 0.5) is 8.78 Å². The number of pyridine rings is 1. The number of nitrogens with zero attached hydrogens (tertiary/aromatic N) is 1. The number of aromatic nitrogens is 1. The molecule has 3 nitrogen and oxygen atoms in total. The van der Waals surface area contributed by atoms with Crippen molar-refractivity contribution in [2.75, 3.05) is 0 Å². The van der Waals surface area contributed by atoms with Gasteiger partial charge in [0.15, 0.2) is 0 Å². The van der Waals surface area contributed by atoms with Crippen LogP contribution < -0.4 is 0 Å². The summed E-state index contributed by atoms with van der Waals surface area (Å²) in [6.07, 6.45) is 3.14. The molecule has 0 bridgehead atoms. The highest BCUT2D eigenvalue weighted by atomic mass is 19.1. The van der Waals surface area contributed by atoms with Crippen LogP contribution >= 0.6 is 0 Å². The van der Waals surface area contributed by atoms with Crippen LogP contribution in [-0.2, 0) is 0 Å². The molecule has 1 aromatic carbocycles. The topological polar surface area (TPSA) is 41.7 Å². The largest absolute Gasteiger partial charge is 0.478 e. The third kappa shape index (κ3) is 1.84. The number of carboxylic acids is 1. The Labute approximate surface area is 112 Å². The number of carboxylic acid groups (broad SMARTS) is 1. The van der Waals surface area contributed by atoms with E-state index in [0.717, 1.165) is 18.2 Å². The summed E-state index contributed by atoms with van der Waals surface area (Å²) in [6, 6.07) is 8.01. The number of fused-ring (bicyclic) bond motifs is 1. The first kappa shape index (κ1) is 12.3. The van der Waals surface area contributed by atoms with Gasteiger partial charge in [0.05, 0.1) is 11.1 Å². The monoisotopic (exact) mass is 273 g/mol. The first-order chi connectivity index (χ1) is 9.58. The predicted octanol–water partition coefficient (Wildman–Crippen LogP) is 3.58. The summed E-state index contributed by atoms with van der Waals surface area (Å²) in [7, 11) is 0. The molecule has 0 saturated heterocycles. The maximum atomic E-state index is 13.9. The van der Waals surface area contributed by atoms with Gasteiger partial charge >= 0.3 is 5.97 Å². The fourth-order valence-corrected chi connectivity index (χ4v) is 2.25. The molecule has 0 atom stereocenters. The second kappa shape index (κ2) is 4.45. The molecule has 100 valence electrons. The highest BCUT2D eigenvalue weighted by molar-refractivity contribution is 6.03. The number of hydrogen-bond donors (Lipinski definition) is 1. The molecule has 3 rings (SSSR count). The van der Waals surface area contributed by atoms with E-state index >= 15 is 0 Å². The SMILES string of the molecule is O=C(O)c1c(-c2cc(F)ccc2F)cn2ccccc12. The van der Waals surface area contributed by atoms with Crippen LogP contribution in [0.2, 0.25) is 0 Å². The zero-order valence-corrected chi connectivity index (χ0v) is 10.2. The summed E-state index contributed by atoms with van der Waals surface area (Å²) >= 11 is 0. The van der Waals surface area contributed by atoms with Crippen LogP contribution in [0.5, 0.6) is 0 Å². The zero-order chi connectivity index (χ0) is 14.3. The van der Waals surface area contributed by atoms with E-state index in [1.165, 1.54) is 6.20 Å². The van der Waals surface area contributed by atoms with Crippen molar-refractivity contribution >= 4 is 11.5 Å². The van der Waals surface area contributed by atoms with Crippen LogP contribution in [0, 0.1) is 11.6 Å². The van der Waals surface area contributed by atoms with Crippen molar-refractivity contribution in [3.8, 4) is 11.1 Å². The Morgan fingerprint density at radius 1 is 1.10 bits per heavy atom. The van der Waals surface area contributed by atoms with Crippen molar-refractivity contribution in [2.45, 2.75) is 0 Å². The van der Waals surface area contributed by atoms with Gasteiger partial charge in [-0.05, 0) is 30.3 Å². The average Bonchev–Trinajstić information content (AvgIpc) is 2.80. The number of benzene rings is 1. The summed E-state index contributed by atoms with van der Waals surface area (Å²) in [5.41, 5.74) is 0.473. The number of halogens is 2. The third-order valence-corrected chi connectivity index (χ3v) is 3.12. The maximum absolute atomic E-state index is 13.9. The second-order valence-electron chi connectivity index (χ2n) is 4.34. The fraction of sp³-hybridized carbons (Fsp3) is 0. The van der Waals surface area contributed by atoms with E-state index in [4.69, 9.17) is 0 Å². The molecule has 20 heavy (non-hydrogen) atoms. The number of rotatable bonds is 2. The van der Waals surface area contributed by atoms with Crippen molar-refractivity contribution < 1.29 is 18.7 Å². The van der Waals surface area contributed by atoms with Crippen molar-refractivity contribution in [2.24, 2.45) is 0 Å². The van der Waals surface area contributed by atoms with E-state index < -0.39 is 17.6 Å². The first-order valence-corrected chi connectivity index (χ1v) is 5.86. The molecule has 0 aliphatic rings. The van der Waals surface area contributed by atoms with Gasteiger partial charge in [-0.25, -0.2) is 13.6 Å².